The molecule has 4 nitrogen and oxygen atoms in total. The average molecular weight is 230 g/mol. The predicted octanol–water partition coefficient (Wildman–Crippen LogP) is 1.31. The molecule has 84 valence electrons. The van der Waals surface area contributed by atoms with Crippen LogP contribution in [0, 0.1) is 0 Å². The first-order valence-electron chi connectivity index (χ1n) is 4.71. The van der Waals surface area contributed by atoms with Gasteiger partial charge in [-0.05, 0) is 27.9 Å². The zero-order valence-corrected chi connectivity index (χ0v) is 10.2. The van der Waals surface area contributed by atoms with Gasteiger partial charge in [0.05, 0.1) is 17.0 Å². The molecule has 0 unspecified atom stereocenters. The van der Waals surface area contributed by atoms with Gasteiger partial charge in [0.25, 0.3) is 5.56 Å². The quantitative estimate of drug-likeness (QED) is 0.795. The molecule has 0 aromatic carbocycles. The summed E-state index contributed by atoms with van der Waals surface area (Å²) in [7, 11) is 3.88. The van der Waals surface area contributed by atoms with Crippen molar-refractivity contribution in [3.63, 3.8) is 0 Å². The highest BCUT2D eigenvalue weighted by Crippen LogP contribution is 2.20. The third-order valence-corrected chi connectivity index (χ3v) is 3.00. The van der Waals surface area contributed by atoms with Gasteiger partial charge in [0.15, 0.2) is 0 Å². The van der Waals surface area contributed by atoms with Gasteiger partial charge in [0, 0.05) is 6.20 Å². The Morgan fingerprint density at radius 2 is 2.13 bits per heavy atom. The maximum atomic E-state index is 11.5. The molecule has 0 saturated heterocycles. The molecule has 0 aliphatic heterocycles. The minimum atomic E-state index is -0.302. The molecule has 0 saturated carbocycles. The van der Waals surface area contributed by atoms with Gasteiger partial charge >= 0.3 is 0 Å². The number of nitrogens with zero attached hydrogens (tertiary/aromatic N) is 2. The van der Waals surface area contributed by atoms with Crippen molar-refractivity contribution in [2.75, 3.05) is 14.1 Å². The fraction of sp³-hybridized carbons (Fsp3) is 0.600. The lowest BCUT2D eigenvalue weighted by molar-refractivity contribution is 0.185. The Morgan fingerprint density at radius 1 is 1.53 bits per heavy atom. The van der Waals surface area contributed by atoms with Crippen LogP contribution in [0.4, 0.5) is 0 Å². The summed E-state index contributed by atoms with van der Waals surface area (Å²) in [5, 5.41) is 0. The van der Waals surface area contributed by atoms with E-state index in [0.717, 1.165) is 0 Å². The van der Waals surface area contributed by atoms with E-state index in [9.17, 15) is 4.79 Å². The van der Waals surface area contributed by atoms with E-state index in [4.69, 9.17) is 11.6 Å². The van der Waals surface area contributed by atoms with E-state index in [0.29, 0.717) is 11.4 Å². The van der Waals surface area contributed by atoms with Crippen molar-refractivity contribution in [2.24, 2.45) is 0 Å². The Hall–Kier alpha value is -0.870. The molecular formula is C10H16ClN3O. The molecule has 1 aromatic heterocycles. The number of aromatic nitrogens is 2. The van der Waals surface area contributed by atoms with E-state index in [1.807, 2.05) is 32.8 Å². The molecule has 0 amide bonds. The zero-order chi connectivity index (χ0) is 11.6. The first-order valence-corrected chi connectivity index (χ1v) is 5.25. The third kappa shape index (κ3) is 2.38. The molecule has 0 aliphatic rings. The molecule has 0 bridgehead atoms. The zero-order valence-electron chi connectivity index (χ0n) is 9.47. The fourth-order valence-electron chi connectivity index (χ4n) is 1.04. The highest BCUT2D eigenvalue weighted by Gasteiger charge is 2.25. The molecule has 0 radical (unpaired) electrons. The number of hydrogen-bond acceptors (Lipinski definition) is 3. The van der Waals surface area contributed by atoms with Crippen molar-refractivity contribution in [1.82, 2.24) is 14.9 Å². The van der Waals surface area contributed by atoms with Crippen LogP contribution in [-0.4, -0.2) is 29.0 Å². The molecule has 1 N–H and O–H groups in total. The van der Waals surface area contributed by atoms with Gasteiger partial charge < -0.3 is 4.98 Å². The molecule has 0 fully saturated rings. The molecule has 5 heteroatoms. The minimum absolute atomic E-state index is 0.162. The number of aromatic amines is 1. The van der Waals surface area contributed by atoms with E-state index in [-0.39, 0.29) is 17.0 Å². The number of halogens is 1. The molecule has 1 heterocycles. The number of rotatable bonds is 3. The summed E-state index contributed by atoms with van der Waals surface area (Å²) in [4.78, 5) is 20.5. The second-order valence-electron chi connectivity index (χ2n) is 4.17. The first kappa shape index (κ1) is 12.2. The van der Waals surface area contributed by atoms with Crippen LogP contribution in [0.5, 0.6) is 0 Å². The van der Waals surface area contributed by atoms with E-state index >= 15 is 0 Å². The Kier molecular flexibility index (Phi) is 3.52. The highest BCUT2D eigenvalue weighted by molar-refractivity contribution is 6.17. The van der Waals surface area contributed by atoms with E-state index in [1.54, 1.807) is 0 Å². The van der Waals surface area contributed by atoms with Gasteiger partial charge in [-0.2, -0.15) is 0 Å². The van der Waals surface area contributed by atoms with Crippen LogP contribution in [0.15, 0.2) is 11.0 Å². The van der Waals surface area contributed by atoms with Crippen LogP contribution in [0.1, 0.15) is 25.2 Å². The van der Waals surface area contributed by atoms with Crippen LogP contribution >= 0.6 is 11.6 Å². The number of alkyl halides is 1. The number of H-pyrrole nitrogens is 1. The summed E-state index contributed by atoms with van der Waals surface area (Å²) in [6, 6.07) is 0. The van der Waals surface area contributed by atoms with Crippen LogP contribution < -0.4 is 5.56 Å². The van der Waals surface area contributed by atoms with Crippen molar-refractivity contribution < 1.29 is 0 Å². The van der Waals surface area contributed by atoms with Crippen molar-refractivity contribution in [3.05, 3.63) is 27.9 Å². The van der Waals surface area contributed by atoms with Gasteiger partial charge in [-0.25, -0.2) is 4.98 Å². The van der Waals surface area contributed by atoms with Crippen LogP contribution in [0.3, 0.4) is 0 Å². The molecular weight excluding hydrogens is 214 g/mol. The lowest BCUT2D eigenvalue weighted by Gasteiger charge is -2.31. The van der Waals surface area contributed by atoms with Gasteiger partial charge in [0.1, 0.15) is 5.82 Å². The van der Waals surface area contributed by atoms with Crippen LogP contribution in [0.25, 0.3) is 0 Å². The Labute approximate surface area is 94.3 Å². The third-order valence-electron chi connectivity index (χ3n) is 2.71. The summed E-state index contributed by atoms with van der Waals surface area (Å²) in [5.74, 6) is 0.830. The molecule has 1 aromatic rings. The van der Waals surface area contributed by atoms with Crippen molar-refractivity contribution in [1.29, 1.82) is 0 Å². The Balaban J connectivity index is 3.18. The lowest BCUT2D eigenvalue weighted by Crippen LogP contribution is -2.38. The average Bonchev–Trinajstić information content (AvgIpc) is 2.17. The molecule has 0 aliphatic carbocycles. The lowest BCUT2D eigenvalue weighted by atomic mass is 10.0. The Bertz CT molecular complexity index is 398. The van der Waals surface area contributed by atoms with E-state index in [1.165, 1.54) is 6.20 Å². The van der Waals surface area contributed by atoms with E-state index < -0.39 is 0 Å². The van der Waals surface area contributed by atoms with Gasteiger partial charge in [-0.3, -0.25) is 9.69 Å². The monoisotopic (exact) mass is 229 g/mol. The van der Waals surface area contributed by atoms with Crippen molar-refractivity contribution in [3.8, 4) is 0 Å². The van der Waals surface area contributed by atoms with Crippen molar-refractivity contribution in [2.45, 2.75) is 25.3 Å². The predicted molar refractivity (Wildman–Crippen MR) is 61.1 cm³/mol. The molecule has 0 spiro atoms. The minimum Gasteiger partial charge on any atom is -0.309 e. The Morgan fingerprint density at radius 3 is 2.53 bits per heavy atom. The van der Waals surface area contributed by atoms with Gasteiger partial charge in [-0.15, -0.1) is 11.6 Å². The SMILES string of the molecule is CN(C)C(C)(C)c1ncc(CCl)c(=O)[nH]1. The summed E-state index contributed by atoms with van der Waals surface area (Å²) < 4.78 is 0. The smallest absolute Gasteiger partial charge is 0.255 e. The normalized spacial score (nSPS) is 12.1. The molecule has 0 atom stereocenters. The molecule has 1 rings (SSSR count). The van der Waals surface area contributed by atoms with Crippen molar-refractivity contribution >= 4 is 11.6 Å². The second kappa shape index (κ2) is 4.33. The number of nitrogens with one attached hydrogen (secondary N) is 1. The van der Waals surface area contributed by atoms with E-state index in [2.05, 4.69) is 9.97 Å². The summed E-state index contributed by atoms with van der Waals surface area (Å²) >= 11 is 5.59. The topological polar surface area (TPSA) is 49.0 Å². The van der Waals surface area contributed by atoms with Gasteiger partial charge in [0.2, 0.25) is 0 Å². The standard InChI is InChI=1S/C10H16ClN3O/c1-10(2,14(3)4)9-12-6-7(5-11)8(15)13-9/h6H,5H2,1-4H3,(H,12,13,15). The number of hydrogen-bond donors (Lipinski definition) is 1. The second-order valence-corrected chi connectivity index (χ2v) is 4.44. The largest absolute Gasteiger partial charge is 0.309 e. The first-order chi connectivity index (χ1) is 6.89. The summed E-state index contributed by atoms with van der Waals surface area (Å²) in [5.41, 5.74) is 0.0317. The summed E-state index contributed by atoms with van der Waals surface area (Å²) in [6.07, 6.45) is 1.53. The molecule has 15 heavy (non-hydrogen) atoms. The highest BCUT2D eigenvalue weighted by atomic mass is 35.5. The van der Waals surface area contributed by atoms with Crippen LogP contribution in [-0.2, 0) is 11.4 Å². The van der Waals surface area contributed by atoms with Crippen LogP contribution in [0.2, 0.25) is 0 Å². The van der Waals surface area contributed by atoms with Gasteiger partial charge in [-0.1, -0.05) is 0 Å². The maximum absolute atomic E-state index is 11.5. The fourth-order valence-corrected chi connectivity index (χ4v) is 1.23. The maximum Gasteiger partial charge on any atom is 0.255 e. The summed E-state index contributed by atoms with van der Waals surface area (Å²) in [6.45, 7) is 3.98.